The Bertz CT molecular complexity index is 632. The molecule has 1 aliphatic rings. The van der Waals surface area contributed by atoms with Crippen LogP contribution in [0, 0.1) is 0 Å². The molecule has 0 radical (unpaired) electrons. The maximum absolute atomic E-state index is 11.8. The molecule has 0 spiro atoms. The Kier molecular flexibility index (Phi) is 2.95. The van der Waals surface area contributed by atoms with Gasteiger partial charge in [-0.2, -0.15) is 0 Å². The molecule has 1 unspecified atom stereocenters. The van der Waals surface area contributed by atoms with E-state index >= 15 is 0 Å². The molecule has 0 amide bonds. The SMILES string of the molecule is O=C(O)C1(c2ccccc2S)Nc2ccccc2S1. The van der Waals surface area contributed by atoms with Crippen molar-refractivity contribution in [2.45, 2.75) is 14.7 Å². The third-order valence-electron chi connectivity index (χ3n) is 3.05. The van der Waals surface area contributed by atoms with Crippen LogP contribution < -0.4 is 5.32 Å². The molecule has 0 saturated carbocycles. The summed E-state index contributed by atoms with van der Waals surface area (Å²) in [6.45, 7) is 0. The maximum Gasteiger partial charge on any atom is 0.345 e. The first-order valence-electron chi connectivity index (χ1n) is 5.71. The molecule has 1 heterocycles. The van der Waals surface area contributed by atoms with E-state index in [1.807, 2.05) is 36.4 Å². The van der Waals surface area contributed by atoms with E-state index in [1.54, 1.807) is 12.1 Å². The quantitative estimate of drug-likeness (QED) is 0.741. The minimum Gasteiger partial charge on any atom is -0.479 e. The van der Waals surface area contributed by atoms with Gasteiger partial charge in [0, 0.05) is 21.0 Å². The topological polar surface area (TPSA) is 49.3 Å². The van der Waals surface area contributed by atoms with Crippen molar-refractivity contribution in [3.05, 3.63) is 54.1 Å². The fourth-order valence-corrected chi connectivity index (χ4v) is 3.79. The van der Waals surface area contributed by atoms with Gasteiger partial charge >= 0.3 is 5.97 Å². The number of thiol groups is 1. The van der Waals surface area contributed by atoms with Gasteiger partial charge in [0.2, 0.25) is 4.87 Å². The first-order chi connectivity index (χ1) is 9.13. The molecule has 3 rings (SSSR count). The van der Waals surface area contributed by atoms with Gasteiger partial charge in [-0.15, -0.1) is 12.6 Å². The third kappa shape index (κ3) is 1.89. The monoisotopic (exact) mass is 289 g/mol. The molecule has 3 nitrogen and oxygen atoms in total. The highest BCUT2D eigenvalue weighted by Gasteiger charge is 2.47. The van der Waals surface area contributed by atoms with E-state index in [4.69, 9.17) is 0 Å². The highest BCUT2D eigenvalue weighted by molar-refractivity contribution is 8.01. The molecular formula is C14H11NO2S2. The van der Waals surface area contributed by atoms with Gasteiger partial charge in [-0.25, -0.2) is 4.79 Å². The number of anilines is 1. The maximum atomic E-state index is 11.8. The highest BCUT2D eigenvalue weighted by atomic mass is 32.2. The number of aliphatic carboxylic acids is 1. The number of para-hydroxylation sites is 1. The van der Waals surface area contributed by atoms with Crippen molar-refractivity contribution in [1.29, 1.82) is 0 Å². The number of carboxylic acid groups (broad SMARTS) is 1. The van der Waals surface area contributed by atoms with Gasteiger partial charge in [0.05, 0.1) is 0 Å². The first-order valence-corrected chi connectivity index (χ1v) is 6.98. The van der Waals surface area contributed by atoms with E-state index < -0.39 is 10.8 Å². The smallest absolute Gasteiger partial charge is 0.345 e. The second-order valence-corrected chi connectivity index (χ2v) is 5.96. The number of thioether (sulfide) groups is 1. The average molecular weight is 289 g/mol. The molecule has 2 N–H and O–H groups in total. The van der Waals surface area contributed by atoms with Gasteiger partial charge in [0.1, 0.15) is 0 Å². The number of carboxylic acids is 1. The van der Waals surface area contributed by atoms with Crippen molar-refractivity contribution in [1.82, 2.24) is 0 Å². The molecule has 0 aromatic heterocycles. The van der Waals surface area contributed by atoms with Crippen molar-refractivity contribution < 1.29 is 9.90 Å². The number of hydrogen-bond acceptors (Lipinski definition) is 4. The Morgan fingerprint density at radius 3 is 2.53 bits per heavy atom. The number of rotatable bonds is 2. The van der Waals surface area contributed by atoms with Crippen LogP contribution >= 0.6 is 24.4 Å². The van der Waals surface area contributed by atoms with Crippen molar-refractivity contribution >= 4 is 36.0 Å². The van der Waals surface area contributed by atoms with Crippen LogP contribution in [0.25, 0.3) is 0 Å². The van der Waals surface area contributed by atoms with Gasteiger partial charge in [0.25, 0.3) is 0 Å². The predicted octanol–water partition coefficient (Wildman–Crippen LogP) is 3.43. The molecule has 5 heteroatoms. The predicted molar refractivity (Wildman–Crippen MR) is 78.9 cm³/mol. The summed E-state index contributed by atoms with van der Waals surface area (Å²) in [5.41, 5.74) is 1.50. The number of nitrogens with one attached hydrogen (secondary N) is 1. The van der Waals surface area contributed by atoms with Gasteiger partial charge in [0.15, 0.2) is 0 Å². The molecule has 0 saturated heterocycles. The van der Waals surface area contributed by atoms with Gasteiger partial charge in [-0.3, -0.25) is 0 Å². The molecule has 0 bridgehead atoms. The summed E-state index contributed by atoms with van der Waals surface area (Å²) in [5, 5.41) is 12.8. The van der Waals surface area contributed by atoms with Crippen LogP contribution in [0.2, 0.25) is 0 Å². The van der Waals surface area contributed by atoms with Crippen LogP contribution in [0.5, 0.6) is 0 Å². The summed E-state index contributed by atoms with van der Waals surface area (Å²) in [6.07, 6.45) is 0. The van der Waals surface area contributed by atoms with Crippen LogP contribution in [0.4, 0.5) is 5.69 Å². The van der Waals surface area contributed by atoms with E-state index in [-0.39, 0.29) is 0 Å². The van der Waals surface area contributed by atoms with Crippen LogP contribution in [0.3, 0.4) is 0 Å². The minimum absolute atomic E-state index is 0.659. The molecule has 1 atom stereocenters. The second-order valence-electron chi connectivity index (χ2n) is 4.23. The molecule has 96 valence electrons. The number of hydrogen-bond donors (Lipinski definition) is 3. The summed E-state index contributed by atoms with van der Waals surface area (Å²) in [4.78, 5) is 12.2. The van der Waals surface area contributed by atoms with Gasteiger partial charge < -0.3 is 10.4 Å². The van der Waals surface area contributed by atoms with Crippen LogP contribution in [-0.2, 0) is 9.67 Å². The van der Waals surface area contributed by atoms with E-state index in [0.29, 0.717) is 10.5 Å². The van der Waals surface area contributed by atoms with Crippen LogP contribution in [-0.4, -0.2) is 11.1 Å². The average Bonchev–Trinajstić information content (AvgIpc) is 2.79. The van der Waals surface area contributed by atoms with Crippen LogP contribution in [0.1, 0.15) is 5.56 Å². The van der Waals surface area contributed by atoms with E-state index in [9.17, 15) is 9.90 Å². The Hall–Kier alpha value is -1.59. The summed E-state index contributed by atoms with van der Waals surface area (Å²) < 4.78 is 0. The van der Waals surface area contributed by atoms with E-state index in [0.717, 1.165) is 10.6 Å². The van der Waals surface area contributed by atoms with Crippen molar-refractivity contribution in [3.8, 4) is 0 Å². The fourth-order valence-electron chi connectivity index (χ4n) is 2.14. The Labute approximate surface area is 120 Å². The zero-order valence-electron chi connectivity index (χ0n) is 9.83. The molecule has 2 aromatic carbocycles. The standard InChI is InChI=1S/C14H11NO2S2/c16-13(17)14(9-5-1-3-7-11(9)18)15-10-6-2-4-8-12(10)19-14/h1-8,15,18H,(H,16,17). The largest absolute Gasteiger partial charge is 0.479 e. The van der Waals surface area contributed by atoms with Gasteiger partial charge in [-0.05, 0) is 18.2 Å². The Morgan fingerprint density at radius 1 is 1.16 bits per heavy atom. The molecule has 0 aliphatic carbocycles. The highest BCUT2D eigenvalue weighted by Crippen LogP contribution is 2.52. The lowest BCUT2D eigenvalue weighted by Crippen LogP contribution is -2.37. The van der Waals surface area contributed by atoms with Crippen molar-refractivity contribution in [3.63, 3.8) is 0 Å². The number of benzene rings is 2. The normalized spacial score (nSPS) is 20.7. The number of fused-ring (bicyclic) bond motifs is 1. The lowest BCUT2D eigenvalue weighted by Gasteiger charge is -2.25. The van der Waals surface area contributed by atoms with Crippen molar-refractivity contribution in [2.75, 3.05) is 5.32 Å². The number of carbonyl (C=O) groups is 1. The Balaban J connectivity index is 2.15. The lowest BCUT2D eigenvalue weighted by molar-refractivity contribution is -0.139. The van der Waals surface area contributed by atoms with Crippen molar-refractivity contribution in [2.24, 2.45) is 0 Å². The zero-order chi connectivity index (χ0) is 13.5. The molecular weight excluding hydrogens is 278 g/mol. The zero-order valence-corrected chi connectivity index (χ0v) is 11.5. The second kappa shape index (κ2) is 4.51. The van der Waals surface area contributed by atoms with Crippen LogP contribution in [0.15, 0.2) is 58.3 Å². The summed E-state index contributed by atoms with van der Waals surface area (Å²) in [7, 11) is 0. The third-order valence-corrected chi connectivity index (χ3v) is 4.81. The summed E-state index contributed by atoms with van der Waals surface area (Å²) in [6, 6.07) is 14.8. The summed E-state index contributed by atoms with van der Waals surface area (Å²) >= 11 is 5.68. The molecule has 1 aliphatic heterocycles. The molecule has 2 aromatic rings. The summed E-state index contributed by atoms with van der Waals surface area (Å²) in [5.74, 6) is -0.921. The molecule has 19 heavy (non-hydrogen) atoms. The Morgan fingerprint density at radius 2 is 1.84 bits per heavy atom. The lowest BCUT2D eigenvalue weighted by atomic mass is 10.1. The fraction of sp³-hybridized carbons (Fsp3) is 0.0714. The van der Waals surface area contributed by atoms with Gasteiger partial charge in [-0.1, -0.05) is 42.1 Å². The van der Waals surface area contributed by atoms with E-state index in [1.165, 1.54) is 11.8 Å². The first kappa shape index (κ1) is 12.4. The van der Waals surface area contributed by atoms with E-state index in [2.05, 4.69) is 17.9 Å². The molecule has 0 fully saturated rings. The minimum atomic E-state index is -1.21.